The molecule has 0 bridgehead atoms. The molecule has 5 heteroatoms. The zero-order chi connectivity index (χ0) is 11.5. The van der Waals surface area contributed by atoms with Gasteiger partial charge >= 0.3 is 12.1 Å². The summed E-state index contributed by atoms with van der Waals surface area (Å²) in [4.78, 5) is 10.6. The molecule has 0 spiro atoms. The van der Waals surface area contributed by atoms with Crippen LogP contribution >= 0.6 is 0 Å². The lowest BCUT2D eigenvalue weighted by Crippen LogP contribution is -2.42. The van der Waals surface area contributed by atoms with Crippen LogP contribution < -0.4 is 5.32 Å². The highest BCUT2D eigenvalue weighted by molar-refractivity contribution is 5.81. The van der Waals surface area contributed by atoms with Crippen LogP contribution in [-0.4, -0.2) is 18.6 Å². The predicted molar refractivity (Wildman–Crippen MR) is 50.3 cm³/mol. The Kier molecular flexibility index (Phi) is 3.62. The Bertz CT molecular complexity index is 231. The molecule has 0 aromatic rings. The van der Waals surface area contributed by atoms with Crippen molar-refractivity contribution in [1.29, 1.82) is 0 Å². The molecule has 0 atom stereocenters. The Labute approximate surface area is 87.2 Å². The fourth-order valence-electron chi connectivity index (χ4n) is 2.15. The fourth-order valence-corrected chi connectivity index (χ4v) is 2.15. The zero-order valence-corrected chi connectivity index (χ0v) is 8.78. The van der Waals surface area contributed by atoms with Crippen LogP contribution in [0.2, 0.25) is 0 Å². The molecule has 1 aliphatic carbocycles. The van der Waals surface area contributed by atoms with Crippen molar-refractivity contribution < 1.29 is 18.0 Å². The van der Waals surface area contributed by atoms with Gasteiger partial charge in [0, 0.05) is 6.54 Å². The van der Waals surface area contributed by atoms with Crippen molar-refractivity contribution in [2.24, 2.45) is 5.41 Å². The average molecular weight is 223 g/mol. The summed E-state index contributed by atoms with van der Waals surface area (Å²) in [5.41, 5.74) is -0.0963. The van der Waals surface area contributed by atoms with Gasteiger partial charge in [-0.3, -0.25) is 4.79 Å². The number of halogens is 3. The molecule has 0 aromatic carbocycles. The highest BCUT2D eigenvalue weighted by Gasteiger charge is 2.40. The smallest absolute Gasteiger partial charge is 0.348 e. The van der Waals surface area contributed by atoms with Crippen LogP contribution in [0.4, 0.5) is 13.2 Å². The number of carbonyl (C=O) groups excluding carboxylic acids is 1. The summed E-state index contributed by atoms with van der Waals surface area (Å²) in [7, 11) is 0. The van der Waals surface area contributed by atoms with Crippen LogP contribution in [0.15, 0.2) is 0 Å². The van der Waals surface area contributed by atoms with Crippen molar-refractivity contribution in [3.05, 3.63) is 0 Å². The highest BCUT2D eigenvalue weighted by atomic mass is 19.4. The van der Waals surface area contributed by atoms with Crippen LogP contribution in [0, 0.1) is 5.41 Å². The van der Waals surface area contributed by atoms with Crippen LogP contribution in [0.5, 0.6) is 0 Å². The summed E-state index contributed by atoms with van der Waals surface area (Å²) < 4.78 is 35.8. The molecule has 0 unspecified atom stereocenters. The van der Waals surface area contributed by atoms with Gasteiger partial charge in [-0.25, -0.2) is 0 Å². The normalized spacial score (nSPS) is 20.3. The van der Waals surface area contributed by atoms with E-state index in [1.165, 1.54) is 0 Å². The van der Waals surface area contributed by atoms with E-state index in [0.717, 1.165) is 32.1 Å². The van der Waals surface area contributed by atoms with E-state index < -0.39 is 12.1 Å². The first-order valence-corrected chi connectivity index (χ1v) is 5.25. The fraction of sp³-hybridized carbons (Fsp3) is 0.900. The molecular weight excluding hydrogens is 207 g/mol. The molecule has 15 heavy (non-hydrogen) atoms. The average Bonchev–Trinajstić information content (AvgIpc) is 2.62. The van der Waals surface area contributed by atoms with Crippen molar-refractivity contribution in [2.75, 3.05) is 6.54 Å². The van der Waals surface area contributed by atoms with E-state index in [1.807, 2.05) is 12.2 Å². The Morgan fingerprint density at radius 1 is 1.33 bits per heavy atom. The quantitative estimate of drug-likeness (QED) is 0.783. The largest absolute Gasteiger partial charge is 0.471 e. The van der Waals surface area contributed by atoms with Crippen molar-refractivity contribution in [1.82, 2.24) is 5.32 Å². The number of rotatable bonds is 3. The van der Waals surface area contributed by atoms with Gasteiger partial charge in [0.05, 0.1) is 0 Å². The molecule has 1 fully saturated rings. The van der Waals surface area contributed by atoms with Gasteiger partial charge in [-0.2, -0.15) is 13.2 Å². The second-order valence-electron chi connectivity index (χ2n) is 4.24. The first-order valence-electron chi connectivity index (χ1n) is 5.25. The van der Waals surface area contributed by atoms with Crippen molar-refractivity contribution in [3.8, 4) is 0 Å². The maximum absolute atomic E-state index is 11.9. The summed E-state index contributed by atoms with van der Waals surface area (Å²) in [5, 5.41) is 1.99. The Hall–Kier alpha value is -0.740. The van der Waals surface area contributed by atoms with Crippen molar-refractivity contribution in [2.45, 2.75) is 45.2 Å². The van der Waals surface area contributed by atoms with Crippen LogP contribution in [0.1, 0.15) is 39.0 Å². The maximum Gasteiger partial charge on any atom is 0.471 e. The number of amides is 1. The van der Waals surface area contributed by atoms with Gasteiger partial charge in [-0.05, 0) is 24.7 Å². The third kappa shape index (κ3) is 3.11. The van der Waals surface area contributed by atoms with Crippen LogP contribution in [0.3, 0.4) is 0 Å². The minimum absolute atomic E-state index is 0.0963. The maximum atomic E-state index is 11.9. The number of carbonyl (C=O) groups is 1. The summed E-state index contributed by atoms with van der Waals surface area (Å²) >= 11 is 0. The minimum atomic E-state index is -4.76. The van der Waals surface area contributed by atoms with Crippen LogP contribution in [0.25, 0.3) is 0 Å². The third-order valence-electron chi connectivity index (χ3n) is 3.30. The van der Waals surface area contributed by atoms with E-state index in [4.69, 9.17) is 0 Å². The first kappa shape index (κ1) is 12.3. The van der Waals surface area contributed by atoms with E-state index >= 15 is 0 Å². The van der Waals surface area contributed by atoms with Gasteiger partial charge in [-0.1, -0.05) is 19.8 Å². The highest BCUT2D eigenvalue weighted by Crippen LogP contribution is 2.40. The zero-order valence-electron chi connectivity index (χ0n) is 8.78. The lowest BCUT2D eigenvalue weighted by Gasteiger charge is -2.27. The molecule has 1 N–H and O–H groups in total. The monoisotopic (exact) mass is 223 g/mol. The lowest BCUT2D eigenvalue weighted by molar-refractivity contribution is -0.174. The van der Waals surface area contributed by atoms with Gasteiger partial charge in [-0.15, -0.1) is 0 Å². The Morgan fingerprint density at radius 2 is 1.87 bits per heavy atom. The molecular formula is C10H16F3NO. The number of hydrogen-bond acceptors (Lipinski definition) is 1. The summed E-state index contributed by atoms with van der Waals surface area (Å²) in [6.07, 6.45) is 0.00735. The summed E-state index contributed by atoms with van der Waals surface area (Å²) in [6.45, 7) is 2.12. The number of alkyl halides is 3. The van der Waals surface area contributed by atoms with Gasteiger partial charge in [0.25, 0.3) is 0 Å². The molecule has 0 aliphatic heterocycles. The second-order valence-corrected chi connectivity index (χ2v) is 4.24. The molecule has 2 nitrogen and oxygen atoms in total. The predicted octanol–water partition coefficient (Wildman–Crippen LogP) is 2.64. The van der Waals surface area contributed by atoms with E-state index in [1.54, 1.807) is 0 Å². The number of hydrogen-bond donors (Lipinski definition) is 1. The van der Waals surface area contributed by atoms with Gasteiger partial charge < -0.3 is 5.32 Å². The minimum Gasteiger partial charge on any atom is -0.348 e. The molecule has 1 saturated carbocycles. The summed E-state index contributed by atoms with van der Waals surface area (Å²) in [5.74, 6) is -1.82. The molecule has 0 saturated heterocycles. The van der Waals surface area contributed by atoms with E-state index in [0.29, 0.717) is 0 Å². The molecule has 0 heterocycles. The van der Waals surface area contributed by atoms with Gasteiger partial charge in [0.2, 0.25) is 0 Å². The van der Waals surface area contributed by atoms with E-state index in [2.05, 4.69) is 0 Å². The van der Waals surface area contributed by atoms with E-state index in [-0.39, 0.29) is 12.0 Å². The van der Waals surface area contributed by atoms with E-state index in [9.17, 15) is 18.0 Å². The first-order chi connectivity index (χ1) is 6.90. The van der Waals surface area contributed by atoms with Crippen molar-refractivity contribution in [3.63, 3.8) is 0 Å². The Morgan fingerprint density at radius 3 is 2.27 bits per heavy atom. The van der Waals surface area contributed by atoms with Gasteiger partial charge in [0.1, 0.15) is 0 Å². The second kappa shape index (κ2) is 4.41. The molecule has 1 amide bonds. The standard InChI is InChI=1S/C10H16F3NO/c1-2-9(5-3-4-6-9)7-14-8(15)10(11,12)13/h2-7H2,1H3,(H,14,15). The molecule has 1 aliphatic rings. The summed E-state index contributed by atoms with van der Waals surface area (Å²) in [6, 6.07) is 0. The SMILES string of the molecule is CCC1(CNC(=O)C(F)(F)F)CCCC1. The topological polar surface area (TPSA) is 29.1 Å². The lowest BCUT2D eigenvalue weighted by atomic mass is 9.83. The number of nitrogens with one attached hydrogen (secondary N) is 1. The van der Waals surface area contributed by atoms with Gasteiger partial charge in [0.15, 0.2) is 0 Å². The van der Waals surface area contributed by atoms with Crippen molar-refractivity contribution >= 4 is 5.91 Å². The molecule has 88 valence electrons. The molecule has 1 rings (SSSR count). The molecule has 0 aromatic heterocycles. The Balaban J connectivity index is 2.45. The molecule has 0 radical (unpaired) electrons. The third-order valence-corrected chi connectivity index (χ3v) is 3.30. The van der Waals surface area contributed by atoms with Crippen LogP contribution in [-0.2, 0) is 4.79 Å².